The van der Waals surface area contributed by atoms with Crippen LogP contribution in [-0.4, -0.2) is 4.98 Å². The molecule has 0 aliphatic heterocycles. The summed E-state index contributed by atoms with van der Waals surface area (Å²) >= 11 is -1.04. The van der Waals surface area contributed by atoms with Gasteiger partial charge in [0.05, 0.1) is 0 Å². The summed E-state index contributed by atoms with van der Waals surface area (Å²) in [6.07, 6.45) is 1.68. The molecule has 0 saturated carbocycles. The van der Waals surface area contributed by atoms with E-state index < -0.39 is 11.9 Å². The second-order valence-electron chi connectivity index (χ2n) is 1.30. The molecule has 1 nitrogen and oxygen atoms in total. The van der Waals surface area contributed by atoms with Crippen LogP contribution < -0.4 is 4.63 Å². The first-order valence-electron chi connectivity index (χ1n) is 2.19. The van der Waals surface area contributed by atoms with Gasteiger partial charge >= 0.3 is 66.2 Å². The third-order valence-corrected chi connectivity index (χ3v) is 2.52. The summed E-state index contributed by atoms with van der Waals surface area (Å²) in [5.41, 5.74) is 0. The molecule has 1 rings (SSSR count). The van der Waals surface area contributed by atoms with E-state index in [0.717, 1.165) is 4.63 Å². The molecule has 0 amide bonds. The zero-order chi connectivity index (χ0) is 6.69. The topological polar surface area (TPSA) is 12.9 Å². The fourth-order valence-electron chi connectivity index (χ4n) is 0.409. The first-order chi connectivity index (χ1) is 4.30. The second-order valence-corrected chi connectivity index (χ2v) is 4.99. The molecule has 0 bridgehead atoms. The van der Waals surface area contributed by atoms with Crippen LogP contribution in [0.1, 0.15) is 0 Å². The van der Waals surface area contributed by atoms with Crippen LogP contribution in [0.2, 0.25) is 0 Å². The van der Waals surface area contributed by atoms with Crippen LogP contribution in [0, 0.1) is 0 Å². The number of pyridine rings is 1. The number of hydrogen-bond acceptors (Lipinski definition) is 1. The minimum atomic E-state index is -1.04. The molecule has 0 N–H and O–H groups in total. The molecule has 0 aromatic carbocycles. The van der Waals surface area contributed by atoms with Gasteiger partial charge in [-0.25, -0.2) is 0 Å². The number of nitrogens with zero attached hydrogens (tertiary/aromatic N) is 1. The Morgan fingerprint density at radius 3 is 2.44 bits per heavy atom. The Kier molecular flexibility index (Phi) is 2.79. The van der Waals surface area contributed by atoms with Crippen LogP contribution in [0.25, 0.3) is 0 Å². The molecule has 0 spiro atoms. The maximum atomic E-state index is 5.57. The van der Waals surface area contributed by atoms with E-state index >= 15 is 0 Å². The molecule has 0 aliphatic carbocycles. The summed E-state index contributed by atoms with van der Waals surface area (Å²) in [5.74, 6) is 0. The molecule has 52 valence electrons. The van der Waals surface area contributed by atoms with Crippen molar-refractivity contribution in [2.24, 2.45) is 0 Å². The van der Waals surface area contributed by atoms with Gasteiger partial charge in [0.2, 0.25) is 0 Å². The summed E-state index contributed by atoms with van der Waals surface area (Å²) in [4.78, 5) is 3.94. The average molecular weight is 208 g/mol. The monoisotopic (exact) mass is 207 g/mol. The Morgan fingerprint density at radius 1 is 1.33 bits per heavy atom. The first-order valence-corrected chi connectivity index (χ1v) is 5.57. The fraction of sp³-hybridized carbons (Fsp3) is 0. The molecular weight excluding hydrogens is 204 g/mol. The number of halogens is 2. The van der Waals surface area contributed by atoms with Crippen molar-refractivity contribution in [3.63, 3.8) is 0 Å². The van der Waals surface area contributed by atoms with Crippen molar-refractivity contribution in [1.29, 1.82) is 0 Å². The van der Waals surface area contributed by atoms with Gasteiger partial charge in [0.25, 0.3) is 0 Å². The molecule has 9 heavy (non-hydrogen) atoms. The van der Waals surface area contributed by atoms with Crippen LogP contribution in [0.5, 0.6) is 0 Å². The normalized spacial score (nSPS) is 11.1. The second kappa shape index (κ2) is 3.42. The zero-order valence-electron chi connectivity index (χ0n) is 4.35. The van der Waals surface area contributed by atoms with Gasteiger partial charge in [0.1, 0.15) is 0 Å². The Labute approximate surface area is 66.3 Å². The summed E-state index contributed by atoms with van der Waals surface area (Å²) in [6.45, 7) is 0. The van der Waals surface area contributed by atoms with E-state index in [2.05, 4.69) is 4.98 Å². The van der Waals surface area contributed by atoms with Gasteiger partial charge in [0, 0.05) is 0 Å². The van der Waals surface area contributed by atoms with Crippen molar-refractivity contribution in [2.75, 3.05) is 0 Å². The van der Waals surface area contributed by atoms with Crippen molar-refractivity contribution in [1.82, 2.24) is 4.98 Å². The molecule has 0 radical (unpaired) electrons. The van der Waals surface area contributed by atoms with Crippen LogP contribution >= 0.6 is 20.3 Å². The predicted octanol–water partition coefficient (Wildman–Crippen LogP) is 1.63. The summed E-state index contributed by atoms with van der Waals surface area (Å²) in [5, 5.41) is 0. The zero-order valence-corrected chi connectivity index (χ0v) is 6.90. The Morgan fingerprint density at radius 2 is 2.11 bits per heavy atom. The summed E-state index contributed by atoms with van der Waals surface area (Å²) in [7, 11) is 11.1. The Balaban J connectivity index is 2.85. The van der Waals surface area contributed by atoms with Gasteiger partial charge in [-0.15, -0.1) is 0 Å². The van der Waals surface area contributed by atoms with E-state index in [1.807, 2.05) is 18.2 Å². The summed E-state index contributed by atoms with van der Waals surface area (Å²) < 4.78 is 0.758. The van der Waals surface area contributed by atoms with Crippen LogP contribution in [0.3, 0.4) is 0 Å². The molecule has 1 heterocycles. The van der Waals surface area contributed by atoms with Gasteiger partial charge in [-0.05, 0) is 0 Å². The number of aromatic nitrogens is 1. The third kappa shape index (κ3) is 2.14. The molecular formula is C5H4Cl2CoN. The van der Waals surface area contributed by atoms with Crippen LogP contribution in [0.15, 0.2) is 24.4 Å². The van der Waals surface area contributed by atoms with Crippen LogP contribution in [0.4, 0.5) is 0 Å². The number of hydrogen-bond donors (Lipinski definition) is 0. The predicted molar refractivity (Wildman–Crippen MR) is 35.6 cm³/mol. The minimum absolute atomic E-state index is 0.758. The van der Waals surface area contributed by atoms with Crippen molar-refractivity contribution < 1.29 is 11.9 Å². The van der Waals surface area contributed by atoms with Gasteiger partial charge in [0.15, 0.2) is 0 Å². The van der Waals surface area contributed by atoms with E-state index in [1.54, 1.807) is 6.20 Å². The van der Waals surface area contributed by atoms with Crippen molar-refractivity contribution >= 4 is 24.9 Å². The molecule has 1 aromatic heterocycles. The maximum absolute atomic E-state index is 5.57. The van der Waals surface area contributed by atoms with Crippen molar-refractivity contribution in [3.05, 3.63) is 24.4 Å². The standard InChI is InChI=1S/C5H4N.2ClH.Co/c1-2-4-6-5-3-1;;;/h1-4H;2*1H;/q;;;+2/p-2. The quantitative estimate of drug-likeness (QED) is 0.683. The van der Waals surface area contributed by atoms with Gasteiger partial charge in [-0.3, -0.25) is 0 Å². The number of rotatable bonds is 1. The average Bonchev–Trinajstić information content (AvgIpc) is 1.90. The van der Waals surface area contributed by atoms with E-state index in [0.29, 0.717) is 0 Å². The molecule has 0 unspecified atom stereocenters. The third-order valence-electron chi connectivity index (χ3n) is 0.745. The van der Waals surface area contributed by atoms with E-state index in [9.17, 15) is 0 Å². The van der Waals surface area contributed by atoms with E-state index in [4.69, 9.17) is 20.3 Å². The van der Waals surface area contributed by atoms with E-state index in [-0.39, 0.29) is 0 Å². The summed E-state index contributed by atoms with van der Waals surface area (Å²) in [6, 6.07) is 5.50. The van der Waals surface area contributed by atoms with E-state index in [1.165, 1.54) is 0 Å². The van der Waals surface area contributed by atoms with Crippen LogP contribution in [-0.2, 0) is 11.9 Å². The van der Waals surface area contributed by atoms with Gasteiger partial charge in [-0.1, -0.05) is 0 Å². The fourth-order valence-corrected chi connectivity index (χ4v) is 1.43. The van der Waals surface area contributed by atoms with Crippen molar-refractivity contribution in [3.8, 4) is 0 Å². The Hall–Kier alpha value is 0.236. The Bertz CT molecular complexity index is 178. The molecule has 4 heteroatoms. The molecule has 0 aliphatic rings. The SMILES string of the molecule is [Cl][Co]([Cl])[c]1ccccn1. The van der Waals surface area contributed by atoms with Crippen molar-refractivity contribution in [2.45, 2.75) is 0 Å². The first kappa shape index (κ1) is 7.34. The van der Waals surface area contributed by atoms with Gasteiger partial charge in [-0.2, -0.15) is 0 Å². The van der Waals surface area contributed by atoms with Gasteiger partial charge < -0.3 is 0 Å². The molecule has 0 atom stereocenters. The molecule has 1 aromatic rings. The molecule has 0 saturated heterocycles. The molecule has 0 fully saturated rings.